The van der Waals surface area contributed by atoms with E-state index >= 15 is 0 Å². The van der Waals surface area contributed by atoms with E-state index in [1.165, 1.54) is 54.7 Å². The number of pyridine rings is 1. The van der Waals surface area contributed by atoms with Crippen LogP contribution in [-0.2, 0) is 12.8 Å². The Bertz CT molecular complexity index is 1380. The van der Waals surface area contributed by atoms with Crippen LogP contribution in [-0.4, -0.2) is 16.1 Å². The van der Waals surface area contributed by atoms with Crippen LogP contribution in [0, 0.1) is 11.6 Å². The second kappa shape index (κ2) is 9.54. The first-order chi connectivity index (χ1) is 16.6. The standard InChI is InChI=1S/C26H16F5NO3/c27-22-4-2-1-3-20(22)19-9-8-18(12-21(19)26(29,30)31)35-14-17-6-5-15(11-23(17)28)16-7-10-24(25(33)34)32-13-16/h1-13H,14H2,(H,33,34). The van der Waals surface area contributed by atoms with Crippen molar-refractivity contribution >= 4 is 5.97 Å². The lowest BCUT2D eigenvalue weighted by molar-refractivity contribution is -0.137. The highest BCUT2D eigenvalue weighted by atomic mass is 19.4. The molecule has 0 bridgehead atoms. The topological polar surface area (TPSA) is 59.4 Å². The number of nitrogens with zero attached hydrogens (tertiary/aromatic N) is 1. The maximum atomic E-state index is 14.6. The van der Waals surface area contributed by atoms with Crippen molar-refractivity contribution in [2.75, 3.05) is 0 Å². The van der Waals surface area contributed by atoms with Gasteiger partial charge in [-0.1, -0.05) is 36.4 Å². The number of carboxylic acids is 1. The Kier molecular flexibility index (Phi) is 6.50. The smallest absolute Gasteiger partial charge is 0.417 e. The van der Waals surface area contributed by atoms with Crippen molar-refractivity contribution in [3.8, 4) is 28.0 Å². The fourth-order valence-electron chi connectivity index (χ4n) is 3.46. The van der Waals surface area contributed by atoms with E-state index in [1.54, 1.807) is 6.07 Å². The van der Waals surface area contributed by atoms with Gasteiger partial charge in [0.25, 0.3) is 0 Å². The minimum absolute atomic E-state index is 0.0932. The molecule has 0 amide bonds. The molecule has 1 heterocycles. The lowest BCUT2D eigenvalue weighted by atomic mass is 9.98. The number of carbonyl (C=O) groups is 1. The van der Waals surface area contributed by atoms with E-state index in [4.69, 9.17) is 9.84 Å². The minimum Gasteiger partial charge on any atom is -0.489 e. The maximum Gasteiger partial charge on any atom is 0.417 e. The van der Waals surface area contributed by atoms with Crippen molar-refractivity contribution in [2.24, 2.45) is 0 Å². The number of aromatic nitrogens is 1. The third-order valence-electron chi connectivity index (χ3n) is 5.22. The molecule has 0 saturated heterocycles. The first-order valence-electron chi connectivity index (χ1n) is 10.2. The Morgan fingerprint density at radius 2 is 1.60 bits per heavy atom. The van der Waals surface area contributed by atoms with Gasteiger partial charge in [-0.25, -0.2) is 18.6 Å². The molecule has 0 aliphatic heterocycles. The summed E-state index contributed by atoms with van der Waals surface area (Å²) >= 11 is 0. The third kappa shape index (κ3) is 5.29. The van der Waals surface area contributed by atoms with Gasteiger partial charge in [0.05, 0.1) is 5.56 Å². The van der Waals surface area contributed by atoms with Crippen molar-refractivity contribution in [1.82, 2.24) is 4.98 Å². The zero-order valence-corrected chi connectivity index (χ0v) is 17.8. The van der Waals surface area contributed by atoms with E-state index < -0.39 is 29.3 Å². The summed E-state index contributed by atoms with van der Waals surface area (Å²) in [6.45, 7) is -0.349. The highest BCUT2D eigenvalue weighted by molar-refractivity contribution is 5.85. The molecular formula is C26H16F5NO3. The van der Waals surface area contributed by atoms with Gasteiger partial charge in [-0.05, 0) is 47.5 Å². The molecule has 1 aromatic heterocycles. The molecule has 1 N–H and O–H groups in total. The number of hydrogen-bond acceptors (Lipinski definition) is 3. The first kappa shape index (κ1) is 23.9. The molecule has 0 aliphatic carbocycles. The molecule has 0 atom stereocenters. The van der Waals surface area contributed by atoms with Crippen LogP contribution >= 0.6 is 0 Å². The highest BCUT2D eigenvalue weighted by Gasteiger charge is 2.34. The van der Waals surface area contributed by atoms with Crippen molar-refractivity contribution in [2.45, 2.75) is 12.8 Å². The Labute approximate surface area is 196 Å². The second-order valence-electron chi connectivity index (χ2n) is 7.52. The largest absolute Gasteiger partial charge is 0.489 e. The minimum atomic E-state index is -4.77. The summed E-state index contributed by atoms with van der Waals surface area (Å²) in [5.41, 5.74) is -0.744. The zero-order chi connectivity index (χ0) is 25.2. The predicted molar refractivity (Wildman–Crippen MR) is 118 cm³/mol. The molecular weight excluding hydrogens is 469 g/mol. The molecule has 0 radical (unpaired) electrons. The average Bonchev–Trinajstić information content (AvgIpc) is 2.83. The molecule has 4 aromatic rings. The van der Waals surface area contributed by atoms with E-state index in [2.05, 4.69) is 4.98 Å². The van der Waals surface area contributed by atoms with Crippen molar-refractivity contribution in [3.63, 3.8) is 0 Å². The van der Waals surface area contributed by atoms with E-state index in [0.717, 1.165) is 18.2 Å². The number of rotatable bonds is 6. The number of benzene rings is 3. The molecule has 3 aromatic carbocycles. The van der Waals surface area contributed by atoms with Gasteiger partial charge in [-0.2, -0.15) is 13.2 Å². The van der Waals surface area contributed by atoms with Crippen molar-refractivity contribution < 1.29 is 36.6 Å². The molecule has 0 saturated carbocycles. The third-order valence-corrected chi connectivity index (χ3v) is 5.22. The summed E-state index contributed by atoms with van der Waals surface area (Å²) in [5.74, 6) is -2.80. The highest BCUT2D eigenvalue weighted by Crippen LogP contribution is 2.40. The summed E-state index contributed by atoms with van der Waals surface area (Å²) in [4.78, 5) is 14.7. The second-order valence-corrected chi connectivity index (χ2v) is 7.52. The lowest BCUT2D eigenvalue weighted by Crippen LogP contribution is -2.08. The van der Waals surface area contributed by atoms with Gasteiger partial charge in [0.15, 0.2) is 0 Å². The summed E-state index contributed by atoms with van der Waals surface area (Å²) < 4.78 is 75.1. The van der Waals surface area contributed by atoms with Gasteiger partial charge in [0.2, 0.25) is 0 Å². The van der Waals surface area contributed by atoms with Crippen LogP contribution in [0.3, 0.4) is 0 Å². The van der Waals surface area contributed by atoms with Crippen molar-refractivity contribution in [3.05, 3.63) is 107 Å². The van der Waals surface area contributed by atoms with Crippen LogP contribution in [0.2, 0.25) is 0 Å². The van der Waals surface area contributed by atoms with Gasteiger partial charge in [0.1, 0.15) is 29.7 Å². The Hall–Kier alpha value is -4.27. The SMILES string of the molecule is O=C(O)c1ccc(-c2ccc(COc3ccc(-c4ccccc4F)c(C(F)(F)F)c3)c(F)c2)cn1. The molecule has 0 unspecified atom stereocenters. The number of aromatic carboxylic acids is 1. The number of alkyl halides is 3. The fourth-order valence-corrected chi connectivity index (χ4v) is 3.46. The van der Waals surface area contributed by atoms with E-state index in [1.807, 2.05) is 0 Å². The summed E-state index contributed by atoms with van der Waals surface area (Å²) in [7, 11) is 0. The molecule has 35 heavy (non-hydrogen) atoms. The lowest BCUT2D eigenvalue weighted by Gasteiger charge is -2.16. The van der Waals surface area contributed by atoms with Crippen LogP contribution in [0.25, 0.3) is 22.3 Å². The maximum absolute atomic E-state index is 14.6. The molecule has 0 aliphatic rings. The number of carboxylic acid groups (broad SMARTS) is 1. The van der Waals surface area contributed by atoms with E-state index in [-0.39, 0.29) is 34.7 Å². The quantitative estimate of drug-likeness (QED) is 0.299. The zero-order valence-electron chi connectivity index (χ0n) is 17.8. The van der Waals surface area contributed by atoms with E-state index in [0.29, 0.717) is 11.1 Å². The van der Waals surface area contributed by atoms with Gasteiger partial charge in [-0.3, -0.25) is 0 Å². The van der Waals surface area contributed by atoms with E-state index in [9.17, 15) is 26.7 Å². The average molecular weight is 485 g/mol. The number of halogens is 5. The van der Waals surface area contributed by atoms with Gasteiger partial charge in [0, 0.05) is 22.9 Å². The van der Waals surface area contributed by atoms with Gasteiger partial charge >= 0.3 is 12.1 Å². The number of hydrogen-bond donors (Lipinski definition) is 1. The van der Waals surface area contributed by atoms with Crippen molar-refractivity contribution in [1.29, 1.82) is 0 Å². The van der Waals surface area contributed by atoms with Crippen LogP contribution in [0.5, 0.6) is 5.75 Å². The molecule has 0 spiro atoms. The summed E-state index contributed by atoms with van der Waals surface area (Å²) in [6.07, 6.45) is -3.47. The Morgan fingerprint density at radius 3 is 2.23 bits per heavy atom. The molecule has 9 heteroatoms. The van der Waals surface area contributed by atoms with Crippen LogP contribution in [0.1, 0.15) is 21.6 Å². The predicted octanol–water partition coefficient (Wildman–Crippen LogP) is 6.99. The summed E-state index contributed by atoms with van der Waals surface area (Å²) in [6, 6.07) is 15.2. The molecule has 4 rings (SSSR count). The monoisotopic (exact) mass is 485 g/mol. The fraction of sp³-hybridized carbons (Fsp3) is 0.0769. The number of ether oxygens (including phenoxy) is 1. The van der Waals surface area contributed by atoms with Gasteiger partial charge < -0.3 is 9.84 Å². The molecule has 4 nitrogen and oxygen atoms in total. The molecule has 178 valence electrons. The summed E-state index contributed by atoms with van der Waals surface area (Å²) in [5, 5.41) is 8.91. The Balaban J connectivity index is 1.55. The normalized spacial score (nSPS) is 11.3. The van der Waals surface area contributed by atoms with Gasteiger partial charge in [-0.15, -0.1) is 0 Å². The van der Waals surface area contributed by atoms with Crippen LogP contribution in [0.15, 0.2) is 79.0 Å². The van der Waals surface area contributed by atoms with Crippen LogP contribution < -0.4 is 4.74 Å². The van der Waals surface area contributed by atoms with Crippen LogP contribution in [0.4, 0.5) is 22.0 Å². The first-order valence-corrected chi connectivity index (χ1v) is 10.2. The molecule has 0 fully saturated rings. The Morgan fingerprint density at radius 1 is 0.857 bits per heavy atom.